The highest BCUT2D eigenvalue weighted by atomic mass is 35.5. The van der Waals surface area contributed by atoms with Crippen LogP contribution >= 0.6 is 11.6 Å². The zero-order valence-electron chi connectivity index (χ0n) is 16.7. The monoisotopic (exact) mass is 405 g/mol. The van der Waals surface area contributed by atoms with Crippen molar-refractivity contribution in [3.63, 3.8) is 0 Å². The van der Waals surface area contributed by atoms with Crippen LogP contribution < -0.4 is 19.5 Å². The molecular formula is C22H28ClNO4. The lowest BCUT2D eigenvalue weighted by atomic mass is 10.1. The summed E-state index contributed by atoms with van der Waals surface area (Å²) in [6.45, 7) is 5.01. The summed E-state index contributed by atoms with van der Waals surface area (Å²) in [5.41, 5.74) is 1.13. The molecule has 1 atom stereocenters. The van der Waals surface area contributed by atoms with Crippen LogP contribution in [0.5, 0.6) is 17.2 Å². The molecule has 28 heavy (non-hydrogen) atoms. The van der Waals surface area contributed by atoms with Crippen molar-refractivity contribution in [3.8, 4) is 17.2 Å². The third-order valence-corrected chi connectivity index (χ3v) is 4.55. The van der Waals surface area contributed by atoms with E-state index < -0.39 is 6.10 Å². The van der Waals surface area contributed by atoms with Crippen LogP contribution in [-0.2, 0) is 11.2 Å². The molecule has 0 aliphatic rings. The largest absolute Gasteiger partial charge is 0.493 e. The Kier molecular flexibility index (Phi) is 8.95. The van der Waals surface area contributed by atoms with Gasteiger partial charge in [0.05, 0.1) is 18.7 Å². The summed E-state index contributed by atoms with van der Waals surface area (Å²) in [5, 5.41) is 3.44. The predicted octanol–water partition coefficient (Wildman–Crippen LogP) is 4.65. The van der Waals surface area contributed by atoms with Gasteiger partial charge in [-0.25, -0.2) is 0 Å². The molecule has 0 radical (unpaired) electrons. The highest BCUT2D eigenvalue weighted by Crippen LogP contribution is 2.28. The van der Waals surface area contributed by atoms with Gasteiger partial charge in [-0.15, -0.1) is 0 Å². The van der Waals surface area contributed by atoms with Crippen molar-refractivity contribution in [3.05, 3.63) is 53.1 Å². The van der Waals surface area contributed by atoms with Crippen molar-refractivity contribution < 1.29 is 19.0 Å². The Morgan fingerprint density at radius 2 is 1.89 bits per heavy atom. The van der Waals surface area contributed by atoms with Crippen LogP contribution in [0.15, 0.2) is 42.5 Å². The lowest BCUT2D eigenvalue weighted by molar-refractivity contribution is -0.128. The Morgan fingerprint density at radius 3 is 2.57 bits per heavy atom. The van der Waals surface area contributed by atoms with Crippen molar-refractivity contribution in [2.45, 2.75) is 39.2 Å². The summed E-state index contributed by atoms with van der Waals surface area (Å²) in [5.74, 6) is 1.85. The zero-order chi connectivity index (χ0) is 20.4. The lowest BCUT2D eigenvalue weighted by Gasteiger charge is -2.18. The second kappa shape index (κ2) is 11.4. The molecular weight excluding hydrogens is 378 g/mol. The summed E-state index contributed by atoms with van der Waals surface area (Å²) in [6.07, 6.45) is 1.63. The van der Waals surface area contributed by atoms with E-state index in [4.69, 9.17) is 25.8 Å². The molecule has 2 rings (SSSR count). The van der Waals surface area contributed by atoms with E-state index in [1.54, 1.807) is 19.2 Å². The molecule has 0 aromatic heterocycles. The van der Waals surface area contributed by atoms with E-state index in [2.05, 4.69) is 5.32 Å². The number of aryl methyl sites for hydroxylation is 1. The first-order valence-electron chi connectivity index (χ1n) is 9.57. The third kappa shape index (κ3) is 6.34. The Balaban J connectivity index is 1.82. The number of benzene rings is 2. The van der Waals surface area contributed by atoms with Gasteiger partial charge in [0, 0.05) is 6.54 Å². The number of amides is 1. The van der Waals surface area contributed by atoms with Gasteiger partial charge in [0.1, 0.15) is 5.75 Å². The minimum absolute atomic E-state index is 0.133. The molecule has 6 heteroatoms. The van der Waals surface area contributed by atoms with Gasteiger partial charge in [-0.05, 0) is 56.0 Å². The van der Waals surface area contributed by atoms with E-state index in [-0.39, 0.29) is 5.91 Å². The van der Waals surface area contributed by atoms with Crippen molar-refractivity contribution in [1.29, 1.82) is 0 Å². The van der Waals surface area contributed by atoms with Crippen molar-refractivity contribution in [2.75, 3.05) is 20.3 Å². The van der Waals surface area contributed by atoms with Crippen molar-refractivity contribution >= 4 is 17.5 Å². The van der Waals surface area contributed by atoms with Crippen LogP contribution in [0, 0.1) is 0 Å². The summed E-state index contributed by atoms with van der Waals surface area (Å²) in [6, 6.07) is 13.1. The molecule has 0 unspecified atom stereocenters. The van der Waals surface area contributed by atoms with Crippen molar-refractivity contribution in [1.82, 2.24) is 5.32 Å². The molecule has 2 aromatic rings. The molecule has 0 aliphatic carbocycles. The number of hydrogen-bond donors (Lipinski definition) is 1. The number of nitrogens with one attached hydrogen (secondary N) is 1. The van der Waals surface area contributed by atoms with Gasteiger partial charge < -0.3 is 19.5 Å². The summed E-state index contributed by atoms with van der Waals surface area (Å²) < 4.78 is 16.7. The number of carbonyl (C=O) groups is 1. The zero-order valence-corrected chi connectivity index (χ0v) is 17.4. The number of methoxy groups -OCH3 is 1. The molecule has 1 amide bonds. The number of carbonyl (C=O) groups excluding carboxylic acids is 1. The smallest absolute Gasteiger partial charge is 0.261 e. The first kappa shape index (κ1) is 21.9. The predicted molar refractivity (Wildman–Crippen MR) is 112 cm³/mol. The average Bonchev–Trinajstić information content (AvgIpc) is 2.71. The van der Waals surface area contributed by atoms with Crippen LogP contribution in [0.1, 0.15) is 32.3 Å². The van der Waals surface area contributed by atoms with E-state index in [1.165, 1.54) is 0 Å². The van der Waals surface area contributed by atoms with E-state index in [9.17, 15) is 4.79 Å². The number of ether oxygens (including phenoxy) is 3. The van der Waals surface area contributed by atoms with Crippen LogP contribution in [-0.4, -0.2) is 32.3 Å². The first-order chi connectivity index (χ1) is 13.6. The van der Waals surface area contributed by atoms with E-state index in [0.717, 1.165) is 29.9 Å². The average molecular weight is 406 g/mol. The van der Waals surface area contributed by atoms with Crippen LogP contribution in [0.25, 0.3) is 0 Å². The van der Waals surface area contributed by atoms with Gasteiger partial charge in [-0.2, -0.15) is 0 Å². The summed E-state index contributed by atoms with van der Waals surface area (Å²) in [7, 11) is 1.63. The molecule has 0 bridgehead atoms. The summed E-state index contributed by atoms with van der Waals surface area (Å²) >= 11 is 6.10. The van der Waals surface area contributed by atoms with E-state index >= 15 is 0 Å². The molecule has 0 saturated heterocycles. The molecule has 0 spiro atoms. The topological polar surface area (TPSA) is 56.8 Å². The van der Waals surface area contributed by atoms with Gasteiger partial charge in [-0.1, -0.05) is 36.7 Å². The quantitative estimate of drug-likeness (QED) is 0.552. The normalized spacial score (nSPS) is 11.6. The summed E-state index contributed by atoms with van der Waals surface area (Å²) in [4.78, 5) is 12.4. The Hall–Kier alpha value is -2.40. The van der Waals surface area contributed by atoms with Gasteiger partial charge in [0.25, 0.3) is 5.91 Å². The molecule has 2 aromatic carbocycles. The highest BCUT2D eigenvalue weighted by molar-refractivity contribution is 6.32. The van der Waals surface area contributed by atoms with Crippen LogP contribution in [0.3, 0.4) is 0 Å². The lowest BCUT2D eigenvalue weighted by Crippen LogP contribution is -2.38. The Labute approximate surface area is 171 Å². The number of hydrogen-bond acceptors (Lipinski definition) is 4. The van der Waals surface area contributed by atoms with Crippen molar-refractivity contribution in [2.24, 2.45) is 0 Å². The standard InChI is InChI=1S/C22H28ClNO4/c1-4-18(28-19-11-7-6-10-17(19)23)22(25)24-14-8-9-16-12-13-20(27-5-2)21(15-16)26-3/h6-7,10-13,15,18H,4-5,8-9,14H2,1-3H3,(H,24,25)/t18-/m0/s1. The SMILES string of the molecule is CCOc1ccc(CCCNC(=O)[C@H](CC)Oc2ccccc2Cl)cc1OC. The maximum Gasteiger partial charge on any atom is 0.261 e. The van der Waals surface area contributed by atoms with Gasteiger partial charge in [0.2, 0.25) is 0 Å². The highest BCUT2D eigenvalue weighted by Gasteiger charge is 2.18. The molecule has 152 valence electrons. The molecule has 0 aliphatic heterocycles. The molecule has 0 saturated carbocycles. The molecule has 1 N–H and O–H groups in total. The second-order valence-electron chi connectivity index (χ2n) is 6.26. The number of halogens is 1. The Morgan fingerprint density at radius 1 is 1.11 bits per heavy atom. The fourth-order valence-electron chi connectivity index (χ4n) is 2.78. The van der Waals surface area contributed by atoms with Gasteiger partial charge in [0.15, 0.2) is 17.6 Å². The number of para-hydroxylation sites is 1. The molecule has 0 fully saturated rings. The number of rotatable bonds is 11. The van der Waals surface area contributed by atoms with Crippen LogP contribution in [0.2, 0.25) is 5.02 Å². The van der Waals surface area contributed by atoms with E-state index in [0.29, 0.717) is 30.3 Å². The Bertz CT molecular complexity index is 766. The minimum Gasteiger partial charge on any atom is -0.493 e. The fourth-order valence-corrected chi connectivity index (χ4v) is 2.96. The minimum atomic E-state index is -0.564. The maximum absolute atomic E-state index is 12.4. The first-order valence-corrected chi connectivity index (χ1v) is 9.95. The van der Waals surface area contributed by atoms with E-state index in [1.807, 2.05) is 44.2 Å². The fraction of sp³-hybridized carbons (Fsp3) is 0.409. The third-order valence-electron chi connectivity index (χ3n) is 4.24. The van der Waals surface area contributed by atoms with Crippen LogP contribution in [0.4, 0.5) is 0 Å². The molecule has 5 nitrogen and oxygen atoms in total. The second-order valence-corrected chi connectivity index (χ2v) is 6.67. The van der Waals surface area contributed by atoms with Gasteiger partial charge >= 0.3 is 0 Å². The maximum atomic E-state index is 12.4. The van der Waals surface area contributed by atoms with Gasteiger partial charge in [-0.3, -0.25) is 4.79 Å². The molecule has 0 heterocycles.